The number of rotatable bonds is 3. The summed E-state index contributed by atoms with van der Waals surface area (Å²) in [6, 6.07) is 10.8. The standard InChI is InChI=1S/C13H10N6/c1-19(8-15)13-6-12(16-9-17-13)18-11-5-3-2-4-10(11)7-14/h2-6,9H,1H3,(H,16,17,18). The monoisotopic (exact) mass is 250 g/mol. The second-order valence-electron chi connectivity index (χ2n) is 3.70. The van der Waals surface area contributed by atoms with E-state index < -0.39 is 0 Å². The van der Waals surface area contributed by atoms with Gasteiger partial charge in [0.05, 0.1) is 11.3 Å². The summed E-state index contributed by atoms with van der Waals surface area (Å²) in [6.07, 6.45) is 3.32. The molecule has 1 aromatic carbocycles. The number of nitrogens with zero attached hydrogens (tertiary/aromatic N) is 5. The lowest BCUT2D eigenvalue weighted by atomic mass is 10.2. The average Bonchev–Trinajstić information content (AvgIpc) is 2.47. The lowest BCUT2D eigenvalue weighted by Crippen LogP contribution is -2.10. The minimum atomic E-state index is 0.481. The Balaban J connectivity index is 2.30. The minimum Gasteiger partial charge on any atom is -0.339 e. The normalized spacial score (nSPS) is 9.21. The maximum Gasteiger partial charge on any atom is 0.185 e. The first-order valence-corrected chi connectivity index (χ1v) is 5.46. The zero-order chi connectivity index (χ0) is 13.7. The summed E-state index contributed by atoms with van der Waals surface area (Å²) in [5.41, 5.74) is 1.19. The Morgan fingerprint density at radius 3 is 2.74 bits per heavy atom. The van der Waals surface area contributed by atoms with E-state index in [9.17, 15) is 0 Å². The molecule has 0 spiro atoms. The van der Waals surface area contributed by atoms with E-state index in [0.717, 1.165) is 0 Å². The number of aromatic nitrogens is 2. The maximum absolute atomic E-state index is 9.00. The predicted octanol–water partition coefficient (Wildman–Crippen LogP) is 2.01. The van der Waals surface area contributed by atoms with Gasteiger partial charge in [0.15, 0.2) is 6.19 Å². The highest BCUT2D eigenvalue weighted by atomic mass is 15.2. The topological polar surface area (TPSA) is 88.6 Å². The van der Waals surface area contributed by atoms with Crippen molar-refractivity contribution in [3.63, 3.8) is 0 Å². The smallest absolute Gasteiger partial charge is 0.185 e. The van der Waals surface area contributed by atoms with Crippen molar-refractivity contribution in [2.75, 3.05) is 17.3 Å². The lowest BCUT2D eigenvalue weighted by molar-refractivity contribution is 1.08. The molecule has 0 aliphatic heterocycles. The van der Waals surface area contributed by atoms with Gasteiger partial charge in [0.1, 0.15) is 24.0 Å². The summed E-state index contributed by atoms with van der Waals surface area (Å²) in [5.74, 6) is 1.00. The van der Waals surface area contributed by atoms with Crippen LogP contribution < -0.4 is 10.2 Å². The Bertz CT molecular complexity index is 667. The van der Waals surface area contributed by atoms with Crippen molar-refractivity contribution in [1.82, 2.24) is 9.97 Å². The van der Waals surface area contributed by atoms with Crippen LogP contribution in [-0.4, -0.2) is 17.0 Å². The van der Waals surface area contributed by atoms with Crippen LogP contribution in [0, 0.1) is 22.8 Å². The predicted molar refractivity (Wildman–Crippen MR) is 70.5 cm³/mol. The van der Waals surface area contributed by atoms with Crippen LogP contribution in [-0.2, 0) is 0 Å². The number of para-hydroxylation sites is 1. The summed E-state index contributed by atoms with van der Waals surface area (Å²) < 4.78 is 0. The maximum atomic E-state index is 9.00. The molecule has 0 bridgehead atoms. The molecule has 1 aromatic heterocycles. The second kappa shape index (κ2) is 5.48. The van der Waals surface area contributed by atoms with Crippen LogP contribution in [0.2, 0.25) is 0 Å². The number of hydrogen-bond donors (Lipinski definition) is 1. The van der Waals surface area contributed by atoms with Crippen molar-refractivity contribution < 1.29 is 0 Å². The van der Waals surface area contributed by atoms with E-state index in [2.05, 4.69) is 21.4 Å². The van der Waals surface area contributed by atoms with Gasteiger partial charge in [0, 0.05) is 13.1 Å². The molecule has 0 saturated heterocycles. The Kier molecular flexibility index (Phi) is 3.56. The second-order valence-corrected chi connectivity index (χ2v) is 3.70. The highest BCUT2D eigenvalue weighted by molar-refractivity contribution is 5.65. The van der Waals surface area contributed by atoms with Gasteiger partial charge in [-0.15, -0.1) is 0 Å². The molecule has 1 N–H and O–H groups in total. The first-order valence-electron chi connectivity index (χ1n) is 5.46. The summed E-state index contributed by atoms with van der Waals surface area (Å²) >= 11 is 0. The molecule has 92 valence electrons. The highest BCUT2D eigenvalue weighted by Crippen LogP contribution is 2.20. The van der Waals surface area contributed by atoms with E-state index in [1.165, 1.54) is 11.2 Å². The fourth-order valence-corrected chi connectivity index (χ4v) is 1.48. The molecule has 2 aromatic rings. The van der Waals surface area contributed by atoms with E-state index in [1.54, 1.807) is 31.3 Å². The van der Waals surface area contributed by atoms with E-state index in [1.807, 2.05) is 12.3 Å². The Labute approximate surface area is 110 Å². The molecular formula is C13H10N6. The molecule has 6 heteroatoms. The summed E-state index contributed by atoms with van der Waals surface area (Å²) in [5, 5.41) is 20.8. The SMILES string of the molecule is CN(C#N)c1cc(Nc2ccccc2C#N)ncn1. The molecule has 0 atom stereocenters. The van der Waals surface area contributed by atoms with Gasteiger partial charge in [-0.3, -0.25) is 4.90 Å². The van der Waals surface area contributed by atoms with Gasteiger partial charge in [-0.05, 0) is 12.1 Å². The number of benzene rings is 1. The number of anilines is 3. The van der Waals surface area contributed by atoms with Gasteiger partial charge in [-0.2, -0.15) is 10.5 Å². The minimum absolute atomic E-state index is 0.481. The molecule has 0 amide bonds. The third-order valence-corrected chi connectivity index (χ3v) is 2.46. The third-order valence-electron chi connectivity index (χ3n) is 2.46. The average molecular weight is 250 g/mol. The van der Waals surface area contributed by atoms with Crippen LogP contribution in [0.15, 0.2) is 36.7 Å². The molecule has 19 heavy (non-hydrogen) atoms. The fraction of sp³-hybridized carbons (Fsp3) is 0.0769. The van der Waals surface area contributed by atoms with Crippen LogP contribution >= 0.6 is 0 Å². The van der Waals surface area contributed by atoms with Gasteiger partial charge in [-0.25, -0.2) is 9.97 Å². The fourth-order valence-electron chi connectivity index (χ4n) is 1.48. The van der Waals surface area contributed by atoms with Gasteiger partial charge in [0.2, 0.25) is 0 Å². The zero-order valence-corrected chi connectivity index (χ0v) is 10.2. The van der Waals surface area contributed by atoms with E-state index in [4.69, 9.17) is 10.5 Å². The molecule has 0 saturated carbocycles. The van der Waals surface area contributed by atoms with Crippen molar-refractivity contribution in [3.05, 3.63) is 42.2 Å². The lowest BCUT2D eigenvalue weighted by Gasteiger charge is -2.10. The summed E-state index contributed by atoms with van der Waals surface area (Å²) in [4.78, 5) is 9.36. The van der Waals surface area contributed by atoms with Crippen molar-refractivity contribution in [2.45, 2.75) is 0 Å². The molecule has 0 aliphatic rings. The molecule has 1 heterocycles. The molecule has 2 rings (SSSR count). The number of hydrogen-bond acceptors (Lipinski definition) is 6. The van der Waals surface area contributed by atoms with Crippen LogP contribution in [0.3, 0.4) is 0 Å². The first kappa shape index (κ1) is 12.3. The largest absolute Gasteiger partial charge is 0.339 e. The number of nitrogens with one attached hydrogen (secondary N) is 1. The summed E-state index contributed by atoms with van der Waals surface area (Å²) in [7, 11) is 1.61. The van der Waals surface area contributed by atoms with E-state index >= 15 is 0 Å². The Morgan fingerprint density at radius 2 is 2.00 bits per heavy atom. The van der Waals surface area contributed by atoms with Crippen molar-refractivity contribution in [2.24, 2.45) is 0 Å². The molecule has 6 nitrogen and oxygen atoms in total. The van der Waals surface area contributed by atoms with Crippen molar-refractivity contribution >= 4 is 17.3 Å². The highest BCUT2D eigenvalue weighted by Gasteiger charge is 2.05. The van der Waals surface area contributed by atoms with Gasteiger partial charge >= 0.3 is 0 Å². The molecule has 0 radical (unpaired) electrons. The summed E-state index contributed by atoms with van der Waals surface area (Å²) in [6.45, 7) is 0. The quantitative estimate of drug-likeness (QED) is 0.662. The van der Waals surface area contributed by atoms with Gasteiger partial charge in [-0.1, -0.05) is 12.1 Å². The zero-order valence-electron chi connectivity index (χ0n) is 10.2. The molecule has 0 fully saturated rings. The first-order chi connectivity index (χ1) is 9.24. The van der Waals surface area contributed by atoms with Crippen molar-refractivity contribution in [3.8, 4) is 12.3 Å². The van der Waals surface area contributed by atoms with E-state index in [0.29, 0.717) is 22.9 Å². The van der Waals surface area contributed by atoms with Crippen molar-refractivity contribution in [1.29, 1.82) is 10.5 Å². The van der Waals surface area contributed by atoms with Crippen LogP contribution in [0.1, 0.15) is 5.56 Å². The van der Waals surface area contributed by atoms with E-state index in [-0.39, 0.29) is 0 Å². The van der Waals surface area contributed by atoms with Gasteiger partial charge in [0.25, 0.3) is 0 Å². The Hall–Kier alpha value is -3.12. The van der Waals surface area contributed by atoms with Crippen LogP contribution in [0.5, 0.6) is 0 Å². The molecular weight excluding hydrogens is 240 g/mol. The number of nitriles is 2. The van der Waals surface area contributed by atoms with Gasteiger partial charge < -0.3 is 5.32 Å². The van der Waals surface area contributed by atoms with Crippen LogP contribution in [0.4, 0.5) is 17.3 Å². The third kappa shape index (κ3) is 2.76. The molecule has 0 aliphatic carbocycles. The van der Waals surface area contributed by atoms with Crippen LogP contribution in [0.25, 0.3) is 0 Å². The Morgan fingerprint density at radius 1 is 1.21 bits per heavy atom. The molecule has 0 unspecified atom stereocenters.